The predicted octanol–water partition coefficient (Wildman–Crippen LogP) is 8.36. The zero-order chi connectivity index (χ0) is 39.1. The highest BCUT2D eigenvalue weighted by molar-refractivity contribution is 9.10. The summed E-state index contributed by atoms with van der Waals surface area (Å²) in [6.45, 7) is 12.2. The number of ether oxygens (including phenoxy) is 3. The van der Waals surface area contributed by atoms with Gasteiger partial charge in [0.2, 0.25) is 0 Å². The Morgan fingerprint density at radius 3 is 2.69 bits per heavy atom. The monoisotopic (exact) mass is 861 g/mol. The number of esters is 1. The molecule has 0 N–H and O–H groups in total. The summed E-state index contributed by atoms with van der Waals surface area (Å²) in [6.07, 6.45) is 3.04. The summed E-state index contributed by atoms with van der Waals surface area (Å²) in [4.78, 5) is 28.6. The molecule has 1 aliphatic heterocycles. The number of anilines is 2. The molecule has 290 valence electrons. The van der Waals surface area contributed by atoms with Crippen molar-refractivity contribution in [2.45, 2.75) is 65.0 Å². The molecule has 11 nitrogen and oxygen atoms in total. The normalized spacial score (nSPS) is 13.3. The van der Waals surface area contributed by atoms with E-state index in [9.17, 15) is 4.79 Å². The third-order valence-electron chi connectivity index (χ3n) is 9.03. The summed E-state index contributed by atoms with van der Waals surface area (Å²) >= 11 is 6.73. The molecule has 0 amide bonds. The number of nitrogens with zero attached hydrogens (tertiary/aromatic N) is 7. The molecule has 6 rings (SSSR count). The van der Waals surface area contributed by atoms with Crippen molar-refractivity contribution >= 4 is 79.6 Å². The first-order valence-electron chi connectivity index (χ1n) is 18.4. The van der Waals surface area contributed by atoms with Crippen LogP contribution in [-0.2, 0) is 29.0 Å². The molecule has 0 saturated carbocycles. The maximum absolute atomic E-state index is 12.9. The first-order chi connectivity index (χ1) is 26.4. The molecule has 0 bridgehead atoms. The van der Waals surface area contributed by atoms with Crippen molar-refractivity contribution in [3.05, 3.63) is 79.0 Å². The van der Waals surface area contributed by atoms with Crippen molar-refractivity contribution in [3.8, 4) is 17.6 Å². The summed E-state index contributed by atoms with van der Waals surface area (Å²) < 4.78 is 21.6. The molecule has 0 saturated heterocycles. The van der Waals surface area contributed by atoms with Gasteiger partial charge in [-0.05, 0) is 99.0 Å². The van der Waals surface area contributed by atoms with Crippen molar-refractivity contribution in [2.24, 2.45) is 4.99 Å². The fourth-order valence-electron chi connectivity index (χ4n) is 6.01. The number of fused-ring (bicyclic) bond motifs is 2. The van der Waals surface area contributed by atoms with Gasteiger partial charge in [0, 0.05) is 42.8 Å². The zero-order valence-corrected chi connectivity index (χ0v) is 36.8. The van der Waals surface area contributed by atoms with E-state index in [0.717, 1.165) is 78.1 Å². The van der Waals surface area contributed by atoms with E-state index in [-0.39, 0.29) is 0 Å². The van der Waals surface area contributed by atoms with Crippen LogP contribution in [0.5, 0.6) is 5.75 Å². The van der Waals surface area contributed by atoms with Crippen molar-refractivity contribution in [2.75, 3.05) is 52.4 Å². The van der Waals surface area contributed by atoms with Crippen molar-refractivity contribution < 1.29 is 19.0 Å². The van der Waals surface area contributed by atoms with E-state index in [4.69, 9.17) is 29.3 Å². The van der Waals surface area contributed by atoms with Crippen LogP contribution in [0.1, 0.15) is 44.9 Å². The van der Waals surface area contributed by atoms with Gasteiger partial charge in [-0.1, -0.05) is 55.0 Å². The third-order valence-corrected chi connectivity index (χ3v) is 13.6. The van der Waals surface area contributed by atoms with Gasteiger partial charge in [0.25, 0.3) is 0 Å². The lowest BCUT2D eigenvalue weighted by Gasteiger charge is -2.28. The Morgan fingerprint density at radius 2 is 1.93 bits per heavy atom. The van der Waals surface area contributed by atoms with Crippen LogP contribution >= 0.6 is 38.6 Å². The fraction of sp³-hybridized carbons (Fsp3) is 0.425. The van der Waals surface area contributed by atoms with Crippen LogP contribution in [0.2, 0.25) is 25.7 Å². The van der Waals surface area contributed by atoms with Gasteiger partial charge >= 0.3 is 5.97 Å². The fourth-order valence-corrected chi connectivity index (χ4v) is 9.39. The zero-order valence-electron chi connectivity index (χ0n) is 32.6. The number of hydrogen-bond donors (Lipinski definition) is 0. The van der Waals surface area contributed by atoms with Crippen molar-refractivity contribution in [3.63, 3.8) is 0 Å². The second-order valence-electron chi connectivity index (χ2n) is 14.8. The van der Waals surface area contributed by atoms with E-state index >= 15 is 0 Å². The van der Waals surface area contributed by atoms with Gasteiger partial charge in [-0.15, -0.1) is 21.5 Å². The van der Waals surface area contributed by atoms with Crippen LogP contribution in [0.15, 0.2) is 51.9 Å². The average molecular weight is 863 g/mol. The maximum Gasteiger partial charge on any atom is 0.357 e. The Hall–Kier alpha value is -3.91. The van der Waals surface area contributed by atoms with Gasteiger partial charge in [0.1, 0.15) is 12.5 Å². The number of halogens is 1. The molecule has 5 aromatic rings. The number of methoxy groups -OCH3 is 1. The van der Waals surface area contributed by atoms with Crippen molar-refractivity contribution in [1.29, 1.82) is 0 Å². The number of aryl methyl sites for hydroxylation is 1. The van der Waals surface area contributed by atoms with Crippen molar-refractivity contribution in [1.82, 2.24) is 24.6 Å². The van der Waals surface area contributed by atoms with E-state index in [1.54, 1.807) is 11.3 Å². The largest absolute Gasteiger partial charge is 0.492 e. The van der Waals surface area contributed by atoms with E-state index in [2.05, 4.69) is 81.0 Å². The number of para-hydroxylation sites is 1. The van der Waals surface area contributed by atoms with Crippen LogP contribution in [0, 0.1) is 18.8 Å². The van der Waals surface area contributed by atoms with E-state index in [0.29, 0.717) is 55.9 Å². The summed E-state index contributed by atoms with van der Waals surface area (Å²) in [7, 11) is 4.16. The summed E-state index contributed by atoms with van der Waals surface area (Å²) in [5, 5.41) is 10.1. The van der Waals surface area contributed by atoms with Crippen LogP contribution in [0.3, 0.4) is 0 Å². The molecular formula is C40H48BrN7O4S2Si. The van der Waals surface area contributed by atoms with Gasteiger partial charge in [0.05, 0.1) is 35.0 Å². The summed E-state index contributed by atoms with van der Waals surface area (Å²) in [6, 6.07) is 15.3. The smallest absolute Gasteiger partial charge is 0.357 e. The lowest BCUT2D eigenvalue weighted by molar-refractivity contribution is 0.0593. The summed E-state index contributed by atoms with van der Waals surface area (Å²) in [5.41, 5.74) is 4.41. The number of aromatic nitrogens is 4. The predicted molar refractivity (Wildman–Crippen MR) is 228 cm³/mol. The first kappa shape index (κ1) is 40.7. The minimum Gasteiger partial charge on any atom is -0.492 e. The van der Waals surface area contributed by atoms with Gasteiger partial charge in [-0.3, -0.25) is 9.47 Å². The molecule has 4 heterocycles. The molecule has 0 atom stereocenters. The SMILES string of the molecule is COC(=O)c1nc(N2CCCc3c2nnc(/N=c2\sc4ccccc4n2COCC[Si](C)(C)C)c3C)sc1CCCOc1ccc(C#CCN(C)C)cc1Br. The highest BCUT2D eigenvalue weighted by atomic mass is 79.9. The summed E-state index contributed by atoms with van der Waals surface area (Å²) in [5.74, 6) is 7.96. The van der Waals surface area contributed by atoms with Crippen LogP contribution in [-0.4, -0.2) is 86.2 Å². The highest BCUT2D eigenvalue weighted by Crippen LogP contribution is 2.39. The topological polar surface area (TPSA) is 107 Å². The molecule has 0 unspecified atom stereocenters. The number of rotatable bonds is 14. The average Bonchev–Trinajstić information content (AvgIpc) is 3.74. The molecule has 0 spiro atoms. The van der Waals surface area contributed by atoms with Crippen LogP contribution < -0.4 is 14.4 Å². The Kier molecular flexibility index (Phi) is 13.6. The molecule has 1 aliphatic rings. The van der Waals surface area contributed by atoms with Gasteiger partial charge in [-0.2, -0.15) is 4.99 Å². The molecule has 2 aromatic carbocycles. The van der Waals surface area contributed by atoms with E-state index in [1.165, 1.54) is 18.4 Å². The Labute approximate surface area is 340 Å². The molecular weight excluding hydrogens is 815 g/mol. The van der Waals surface area contributed by atoms with Crippen LogP contribution in [0.4, 0.5) is 16.8 Å². The second kappa shape index (κ2) is 18.4. The molecule has 0 fully saturated rings. The van der Waals surface area contributed by atoms with Gasteiger partial charge in [0.15, 0.2) is 27.3 Å². The minimum atomic E-state index is -1.21. The molecule has 0 radical (unpaired) electrons. The van der Waals surface area contributed by atoms with Gasteiger partial charge < -0.3 is 19.1 Å². The first-order valence-corrected chi connectivity index (χ1v) is 24.5. The maximum atomic E-state index is 12.9. The quantitative estimate of drug-likeness (QED) is 0.0472. The second-order valence-corrected chi connectivity index (χ2v) is 23.4. The Bertz CT molecular complexity index is 2290. The standard InChI is InChI=1S/C40H48BrN7O4S2Si/c1-27-29-14-11-21-47(37(29)45-44-36(27)43-40-48(26-51-23-24-55(5,6)7)31-15-8-9-16-33(31)53-40)39-42-35(38(49)50-4)34(54-39)17-12-22-52-32-19-18-28(25-30(32)41)13-10-20-46(2)3/h8-9,15-16,18-19,25H,11-12,14,17,20-24,26H2,1-7H3/b43-40-. The third kappa shape index (κ3) is 10.3. The number of benzene rings is 2. The van der Waals surface area contributed by atoms with Gasteiger partial charge in [-0.25, -0.2) is 9.78 Å². The van der Waals surface area contributed by atoms with E-state index < -0.39 is 14.0 Å². The highest BCUT2D eigenvalue weighted by Gasteiger charge is 2.29. The Balaban J connectivity index is 1.19. The number of thiazole rings is 2. The minimum absolute atomic E-state index is 0.328. The molecule has 15 heteroatoms. The molecule has 3 aromatic heterocycles. The molecule has 55 heavy (non-hydrogen) atoms. The lowest BCUT2D eigenvalue weighted by atomic mass is 10.0. The Morgan fingerprint density at radius 1 is 1.11 bits per heavy atom. The number of hydrogen-bond acceptors (Lipinski definition) is 12. The lowest BCUT2D eigenvalue weighted by Crippen LogP contribution is -2.27. The molecule has 0 aliphatic carbocycles. The number of carbonyl (C=O) groups excluding carboxylic acids is 1. The number of carbonyl (C=O) groups is 1. The van der Waals surface area contributed by atoms with Crippen LogP contribution in [0.25, 0.3) is 10.2 Å². The van der Waals surface area contributed by atoms with E-state index in [1.807, 2.05) is 49.3 Å².